The van der Waals surface area contributed by atoms with Gasteiger partial charge in [-0.2, -0.15) is 13.2 Å². The Morgan fingerprint density at radius 1 is 1.14 bits per heavy atom. The number of anilines is 1. The lowest BCUT2D eigenvalue weighted by Gasteiger charge is -2.47. The first kappa shape index (κ1) is 30.8. The third kappa shape index (κ3) is 7.30. The predicted octanol–water partition coefficient (Wildman–Crippen LogP) is 6.57. The molecule has 0 aliphatic carbocycles. The third-order valence-electron chi connectivity index (χ3n) is 7.57. The molecule has 230 valence electrons. The fraction of sp³-hybridized carbons (Fsp3) is 0.452. The van der Waals surface area contributed by atoms with Gasteiger partial charge in [0.1, 0.15) is 10.6 Å². The molecule has 2 aromatic carbocycles. The molecule has 0 radical (unpaired) electrons. The van der Waals surface area contributed by atoms with Crippen molar-refractivity contribution < 1.29 is 32.2 Å². The maximum Gasteiger partial charge on any atom is 0.416 e. The van der Waals surface area contributed by atoms with Crippen LogP contribution in [0.2, 0.25) is 0 Å². The van der Waals surface area contributed by atoms with Gasteiger partial charge in [-0.3, -0.25) is 4.79 Å². The van der Waals surface area contributed by atoms with Crippen LogP contribution in [0.15, 0.2) is 48.7 Å². The van der Waals surface area contributed by atoms with Gasteiger partial charge in [-0.05, 0) is 68.5 Å². The first-order valence-electron chi connectivity index (χ1n) is 14.1. The molecule has 0 saturated carbocycles. The zero-order chi connectivity index (χ0) is 31.0. The molecule has 43 heavy (non-hydrogen) atoms. The number of ether oxygens (including phenoxy) is 2. The van der Waals surface area contributed by atoms with Crippen LogP contribution in [-0.2, 0) is 22.2 Å². The standard InChI is InChI=1S/C31H35F3N4O4S/c1-19(37-26(39)27-35-15-25(43-27)38-16-30(17-38)11-12-41-18-30)20-5-7-21(8-6-20)24-13-23(31(32,33)34)10-9-22(24)14-36-28(40)42-29(2,3)4/h5-10,13,15,19H,11-12,14,16-18H2,1-4H3,(H,36,40)(H,37,39)/t19-/m1/s1. The zero-order valence-corrected chi connectivity index (χ0v) is 25.3. The van der Waals surface area contributed by atoms with Crippen molar-refractivity contribution >= 4 is 28.3 Å². The van der Waals surface area contributed by atoms with E-state index in [2.05, 4.69) is 20.5 Å². The SMILES string of the molecule is C[C@@H](NC(=O)c1ncc(N2CC3(CCOC3)C2)s1)c1ccc(-c2cc(C(F)(F)F)ccc2CNC(=O)OC(C)(C)C)cc1. The second-order valence-corrected chi connectivity index (χ2v) is 13.2. The molecule has 1 aromatic heterocycles. The van der Waals surface area contributed by atoms with Gasteiger partial charge in [0.25, 0.3) is 5.91 Å². The Bertz CT molecular complexity index is 1470. The topological polar surface area (TPSA) is 92.8 Å². The summed E-state index contributed by atoms with van der Waals surface area (Å²) in [5, 5.41) is 6.90. The van der Waals surface area contributed by atoms with Crippen molar-refractivity contribution in [1.82, 2.24) is 15.6 Å². The monoisotopic (exact) mass is 616 g/mol. The molecule has 2 amide bonds. The van der Waals surface area contributed by atoms with E-state index in [4.69, 9.17) is 9.47 Å². The first-order valence-corrected chi connectivity index (χ1v) is 14.9. The molecule has 2 aliphatic rings. The second kappa shape index (κ2) is 11.8. The second-order valence-electron chi connectivity index (χ2n) is 12.2. The van der Waals surface area contributed by atoms with Crippen LogP contribution in [0, 0.1) is 5.41 Å². The maximum atomic E-state index is 13.5. The number of aromatic nitrogens is 1. The van der Waals surface area contributed by atoms with E-state index in [1.165, 1.54) is 17.4 Å². The summed E-state index contributed by atoms with van der Waals surface area (Å²) in [6, 6.07) is 10.0. The number of benzene rings is 2. The number of nitrogens with one attached hydrogen (secondary N) is 2. The summed E-state index contributed by atoms with van der Waals surface area (Å²) in [4.78, 5) is 31.7. The molecule has 0 bridgehead atoms. The molecule has 2 saturated heterocycles. The summed E-state index contributed by atoms with van der Waals surface area (Å²) in [5.41, 5.74) is 0.888. The van der Waals surface area contributed by atoms with Gasteiger partial charge in [-0.15, -0.1) is 0 Å². The van der Waals surface area contributed by atoms with Crippen molar-refractivity contribution in [1.29, 1.82) is 0 Å². The Balaban J connectivity index is 1.25. The average Bonchev–Trinajstić information content (AvgIpc) is 3.60. The van der Waals surface area contributed by atoms with E-state index in [-0.39, 0.29) is 23.9 Å². The maximum absolute atomic E-state index is 13.5. The van der Waals surface area contributed by atoms with Crippen LogP contribution in [0.3, 0.4) is 0 Å². The highest BCUT2D eigenvalue weighted by atomic mass is 32.1. The molecular weight excluding hydrogens is 581 g/mol. The summed E-state index contributed by atoms with van der Waals surface area (Å²) in [6.07, 6.45) is -2.40. The summed E-state index contributed by atoms with van der Waals surface area (Å²) in [6.45, 7) is 10.4. The van der Waals surface area contributed by atoms with E-state index in [0.717, 1.165) is 55.4 Å². The summed E-state index contributed by atoms with van der Waals surface area (Å²) in [5.74, 6) is -0.291. The predicted molar refractivity (Wildman–Crippen MR) is 158 cm³/mol. The number of hydrogen-bond donors (Lipinski definition) is 2. The molecule has 0 unspecified atom stereocenters. The van der Waals surface area contributed by atoms with Gasteiger partial charge < -0.3 is 25.0 Å². The number of alkyl halides is 3. The number of alkyl carbamates (subject to hydrolysis) is 1. The summed E-state index contributed by atoms with van der Waals surface area (Å²) >= 11 is 1.35. The minimum absolute atomic E-state index is 0.0153. The van der Waals surface area contributed by atoms with Crippen LogP contribution in [0.1, 0.15) is 66.7 Å². The molecule has 2 fully saturated rings. The quantitative estimate of drug-likeness (QED) is 0.312. The number of thiazole rings is 1. The lowest BCUT2D eigenvalue weighted by atomic mass is 9.79. The van der Waals surface area contributed by atoms with E-state index < -0.39 is 23.4 Å². The van der Waals surface area contributed by atoms with Crippen molar-refractivity contribution in [3.05, 3.63) is 70.4 Å². The number of amides is 2. The Morgan fingerprint density at radius 3 is 2.49 bits per heavy atom. The van der Waals surface area contributed by atoms with Crippen molar-refractivity contribution in [3.8, 4) is 11.1 Å². The molecule has 3 aromatic rings. The number of rotatable bonds is 7. The fourth-order valence-electron chi connectivity index (χ4n) is 5.29. The van der Waals surface area contributed by atoms with Crippen LogP contribution in [-0.4, -0.2) is 48.9 Å². The highest BCUT2D eigenvalue weighted by Crippen LogP contribution is 2.42. The molecule has 5 rings (SSSR count). The van der Waals surface area contributed by atoms with Gasteiger partial charge >= 0.3 is 12.3 Å². The van der Waals surface area contributed by atoms with Gasteiger partial charge in [-0.1, -0.05) is 41.7 Å². The van der Waals surface area contributed by atoms with E-state index in [9.17, 15) is 22.8 Å². The Labute approximate surface area is 252 Å². The Kier molecular flexibility index (Phi) is 8.45. The first-order chi connectivity index (χ1) is 20.2. The number of nitrogens with zero attached hydrogens (tertiary/aromatic N) is 2. The molecule has 12 heteroatoms. The molecule has 1 spiro atoms. The third-order valence-corrected chi connectivity index (χ3v) is 8.62. The highest BCUT2D eigenvalue weighted by molar-refractivity contribution is 7.17. The van der Waals surface area contributed by atoms with E-state index in [1.807, 2.05) is 6.92 Å². The minimum atomic E-state index is -4.53. The lowest BCUT2D eigenvalue weighted by Crippen LogP contribution is -2.56. The molecule has 1 atom stereocenters. The van der Waals surface area contributed by atoms with Gasteiger partial charge in [-0.25, -0.2) is 9.78 Å². The zero-order valence-electron chi connectivity index (χ0n) is 24.5. The lowest BCUT2D eigenvalue weighted by molar-refractivity contribution is -0.137. The van der Waals surface area contributed by atoms with Crippen LogP contribution in [0.25, 0.3) is 11.1 Å². The van der Waals surface area contributed by atoms with Gasteiger partial charge in [0, 0.05) is 31.7 Å². The normalized spacial score (nSPS) is 17.0. The minimum Gasteiger partial charge on any atom is -0.444 e. The Hall–Kier alpha value is -3.64. The number of carbonyl (C=O) groups excluding carboxylic acids is 2. The molecule has 8 nitrogen and oxygen atoms in total. The number of carbonyl (C=O) groups is 2. The molecular formula is C31H35F3N4O4S. The number of halogens is 3. The average molecular weight is 617 g/mol. The summed E-state index contributed by atoms with van der Waals surface area (Å²) < 4.78 is 51.4. The van der Waals surface area contributed by atoms with Crippen LogP contribution in [0.4, 0.5) is 23.0 Å². The van der Waals surface area contributed by atoms with Crippen molar-refractivity contribution in [2.24, 2.45) is 5.41 Å². The van der Waals surface area contributed by atoms with Crippen molar-refractivity contribution in [3.63, 3.8) is 0 Å². The molecule has 2 aliphatic heterocycles. The smallest absolute Gasteiger partial charge is 0.416 e. The fourth-order valence-corrected chi connectivity index (χ4v) is 6.10. The van der Waals surface area contributed by atoms with E-state index in [0.29, 0.717) is 21.7 Å². The van der Waals surface area contributed by atoms with Crippen LogP contribution in [0.5, 0.6) is 0 Å². The summed E-state index contributed by atoms with van der Waals surface area (Å²) in [7, 11) is 0. The van der Waals surface area contributed by atoms with Crippen molar-refractivity contribution in [2.45, 2.75) is 58.5 Å². The van der Waals surface area contributed by atoms with Gasteiger partial charge in [0.05, 0.1) is 24.4 Å². The largest absolute Gasteiger partial charge is 0.444 e. The number of hydrogen-bond acceptors (Lipinski definition) is 7. The van der Waals surface area contributed by atoms with Crippen LogP contribution < -0.4 is 15.5 Å². The van der Waals surface area contributed by atoms with Crippen molar-refractivity contribution in [2.75, 3.05) is 31.2 Å². The highest BCUT2D eigenvalue weighted by Gasteiger charge is 2.46. The van der Waals surface area contributed by atoms with E-state index in [1.54, 1.807) is 51.2 Å². The van der Waals surface area contributed by atoms with Gasteiger partial charge in [0.15, 0.2) is 5.01 Å². The van der Waals surface area contributed by atoms with Gasteiger partial charge in [0.2, 0.25) is 0 Å². The molecule has 3 heterocycles. The molecule has 2 N–H and O–H groups in total. The van der Waals surface area contributed by atoms with E-state index >= 15 is 0 Å². The van der Waals surface area contributed by atoms with Crippen LogP contribution >= 0.6 is 11.3 Å². The Morgan fingerprint density at radius 2 is 1.86 bits per heavy atom.